The summed E-state index contributed by atoms with van der Waals surface area (Å²) in [7, 11) is 0. The summed E-state index contributed by atoms with van der Waals surface area (Å²) in [4.78, 5) is 1.43. The van der Waals surface area contributed by atoms with Gasteiger partial charge < -0.3 is 5.32 Å². The van der Waals surface area contributed by atoms with Gasteiger partial charge in [0.1, 0.15) is 0 Å². The number of thiophene rings is 1. The molecule has 0 fully saturated rings. The number of benzene rings is 1. The van der Waals surface area contributed by atoms with E-state index in [1.54, 1.807) is 0 Å². The van der Waals surface area contributed by atoms with E-state index in [4.69, 9.17) is 0 Å². The van der Waals surface area contributed by atoms with Crippen LogP contribution in [0.2, 0.25) is 0 Å². The van der Waals surface area contributed by atoms with Crippen LogP contribution in [0.4, 0.5) is 0 Å². The van der Waals surface area contributed by atoms with Gasteiger partial charge in [0.25, 0.3) is 0 Å². The SMILES string of the molecule is Cc1ccccc1CNC(c1cccs1)C(C)C. The van der Waals surface area contributed by atoms with Crippen molar-refractivity contribution in [2.75, 3.05) is 0 Å². The van der Waals surface area contributed by atoms with E-state index in [9.17, 15) is 0 Å². The summed E-state index contributed by atoms with van der Waals surface area (Å²) in [6, 6.07) is 13.4. The fourth-order valence-corrected chi connectivity index (χ4v) is 3.13. The summed E-state index contributed by atoms with van der Waals surface area (Å²) in [6.07, 6.45) is 0. The lowest BCUT2D eigenvalue weighted by atomic mass is 10.0. The molecule has 1 heterocycles. The number of rotatable bonds is 5. The lowest BCUT2D eigenvalue weighted by Crippen LogP contribution is -2.24. The molecule has 0 saturated heterocycles. The zero-order valence-electron chi connectivity index (χ0n) is 11.3. The predicted octanol–water partition coefficient (Wildman–Crippen LogP) is 4.54. The molecule has 1 nitrogen and oxygen atoms in total. The van der Waals surface area contributed by atoms with E-state index >= 15 is 0 Å². The van der Waals surface area contributed by atoms with E-state index in [-0.39, 0.29) is 0 Å². The number of hydrogen-bond acceptors (Lipinski definition) is 2. The summed E-state index contributed by atoms with van der Waals surface area (Å²) in [6.45, 7) is 7.66. The quantitative estimate of drug-likeness (QED) is 0.831. The molecule has 96 valence electrons. The van der Waals surface area contributed by atoms with E-state index in [2.05, 4.69) is 67.9 Å². The van der Waals surface area contributed by atoms with Crippen molar-refractivity contribution in [3.8, 4) is 0 Å². The average Bonchev–Trinajstić information content (AvgIpc) is 2.85. The maximum absolute atomic E-state index is 3.69. The van der Waals surface area contributed by atoms with Crippen molar-refractivity contribution in [3.05, 3.63) is 57.8 Å². The van der Waals surface area contributed by atoms with E-state index < -0.39 is 0 Å². The average molecular weight is 259 g/mol. The topological polar surface area (TPSA) is 12.0 Å². The minimum absolute atomic E-state index is 0.449. The van der Waals surface area contributed by atoms with E-state index in [0.717, 1.165) is 6.54 Å². The molecule has 0 saturated carbocycles. The Morgan fingerprint density at radius 2 is 1.89 bits per heavy atom. The summed E-state index contributed by atoms with van der Waals surface area (Å²) in [5, 5.41) is 5.84. The zero-order valence-corrected chi connectivity index (χ0v) is 12.1. The Labute approximate surface area is 114 Å². The minimum Gasteiger partial charge on any atom is -0.305 e. The van der Waals surface area contributed by atoms with Crippen LogP contribution in [-0.2, 0) is 6.54 Å². The Hall–Kier alpha value is -1.12. The molecule has 18 heavy (non-hydrogen) atoms. The van der Waals surface area contributed by atoms with Crippen LogP contribution in [0.3, 0.4) is 0 Å². The van der Waals surface area contributed by atoms with E-state index in [1.165, 1.54) is 16.0 Å². The second-order valence-corrected chi connectivity index (χ2v) is 6.02. The van der Waals surface area contributed by atoms with Gasteiger partial charge in [-0.05, 0) is 35.4 Å². The fourth-order valence-electron chi connectivity index (χ4n) is 2.16. The predicted molar refractivity (Wildman–Crippen MR) is 79.9 cm³/mol. The van der Waals surface area contributed by atoms with Crippen LogP contribution in [0.5, 0.6) is 0 Å². The molecule has 0 bridgehead atoms. The van der Waals surface area contributed by atoms with E-state index in [0.29, 0.717) is 12.0 Å². The van der Waals surface area contributed by atoms with Gasteiger partial charge in [0, 0.05) is 17.5 Å². The molecule has 1 aromatic heterocycles. The molecule has 1 atom stereocenters. The highest BCUT2D eigenvalue weighted by atomic mass is 32.1. The summed E-state index contributed by atoms with van der Waals surface area (Å²) in [5.74, 6) is 0.604. The van der Waals surface area contributed by atoms with Gasteiger partial charge in [-0.25, -0.2) is 0 Å². The summed E-state index contributed by atoms with van der Waals surface area (Å²) in [5.41, 5.74) is 2.75. The highest BCUT2D eigenvalue weighted by Crippen LogP contribution is 2.26. The van der Waals surface area contributed by atoms with Gasteiger partial charge in [0.15, 0.2) is 0 Å². The van der Waals surface area contributed by atoms with Crippen LogP contribution in [0, 0.1) is 12.8 Å². The first kappa shape index (κ1) is 13.3. The van der Waals surface area contributed by atoms with Crippen molar-refractivity contribution in [2.45, 2.75) is 33.4 Å². The third-order valence-electron chi connectivity index (χ3n) is 3.29. The van der Waals surface area contributed by atoms with Gasteiger partial charge in [-0.2, -0.15) is 0 Å². The summed E-state index contributed by atoms with van der Waals surface area (Å²) < 4.78 is 0. The van der Waals surface area contributed by atoms with Crippen LogP contribution in [0.15, 0.2) is 41.8 Å². The highest BCUT2D eigenvalue weighted by molar-refractivity contribution is 7.10. The molecule has 2 heteroatoms. The normalized spacial score (nSPS) is 12.9. The number of nitrogens with one attached hydrogen (secondary N) is 1. The molecule has 0 aliphatic carbocycles. The van der Waals surface area contributed by atoms with Gasteiger partial charge in [0.05, 0.1) is 0 Å². The Morgan fingerprint density at radius 3 is 2.50 bits per heavy atom. The molecule has 0 spiro atoms. The molecule has 1 N–H and O–H groups in total. The largest absolute Gasteiger partial charge is 0.305 e. The van der Waals surface area contributed by atoms with Gasteiger partial charge in [-0.15, -0.1) is 11.3 Å². The van der Waals surface area contributed by atoms with Crippen molar-refractivity contribution in [1.82, 2.24) is 5.32 Å². The zero-order chi connectivity index (χ0) is 13.0. The standard InChI is InChI=1S/C16H21NS/c1-12(2)16(15-9-6-10-18-15)17-11-14-8-5-4-7-13(14)3/h4-10,12,16-17H,11H2,1-3H3. The molecule has 0 aliphatic heterocycles. The Kier molecular flexibility index (Phi) is 4.56. The summed E-state index contributed by atoms with van der Waals surface area (Å²) >= 11 is 1.84. The van der Waals surface area contributed by atoms with Crippen LogP contribution in [0.25, 0.3) is 0 Å². The van der Waals surface area contributed by atoms with Crippen molar-refractivity contribution in [3.63, 3.8) is 0 Å². The van der Waals surface area contributed by atoms with Gasteiger partial charge in [-0.3, -0.25) is 0 Å². The lowest BCUT2D eigenvalue weighted by Gasteiger charge is -2.22. The first-order valence-corrected chi connectivity index (χ1v) is 7.37. The highest BCUT2D eigenvalue weighted by Gasteiger charge is 2.16. The van der Waals surface area contributed by atoms with Gasteiger partial charge >= 0.3 is 0 Å². The number of hydrogen-bond donors (Lipinski definition) is 1. The molecule has 0 radical (unpaired) electrons. The van der Waals surface area contributed by atoms with Crippen LogP contribution in [-0.4, -0.2) is 0 Å². The van der Waals surface area contributed by atoms with E-state index in [1.807, 2.05) is 11.3 Å². The van der Waals surface area contributed by atoms with Crippen molar-refractivity contribution >= 4 is 11.3 Å². The smallest absolute Gasteiger partial charge is 0.0440 e. The van der Waals surface area contributed by atoms with Gasteiger partial charge in [0.2, 0.25) is 0 Å². The van der Waals surface area contributed by atoms with Gasteiger partial charge in [-0.1, -0.05) is 44.2 Å². The molecular formula is C16H21NS. The van der Waals surface area contributed by atoms with Crippen LogP contribution < -0.4 is 5.32 Å². The monoisotopic (exact) mass is 259 g/mol. The first-order chi connectivity index (χ1) is 8.68. The van der Waals surface area contributed by atoms with Crippen LogP contribution >= 0.6 is 11.3 Å². The minimum atomic E-state index is 0.449. The van der Waals surface area contributed by atoms with Crippen molar-refractivity contribution < 1.29 is 0 Å². The Morgan fingerprint density at radius 1 is 1.11 bits per heavy atom. The molecule has 0 aliphatic rings. The maximum atomic E-state index is 3.69. The third kappa shape index (κ3) is 3.21. The fraction of sp³-hybridized carbons (Fsp3) is 0.375. The third-order valence-corrected chi connectivity index (χ3v) is 4.25. The second kappa shape index (κ2) is 6.17. The molecule has 1 aromatic carbocycles. The van der Waals surface area contributed by atoms with Crippen LogP contribution in [0.1, 0.15) is 35.9 Å². The van der Waals surface area contributed by atoms with Crippen molar-refractivity contribution in [2.24, 2.45) is 5.92 Å². The van der Waals surface area contributed by atoms with Crippen molar-refractivity contribution in [1.29, 1.82) is 0 Å². The Balaban J connectivity index is 2.05. The second-order valence-electron chi connectivity index (χ2n) is 5.04. The molecule has 2 aromatic rings. The Bertz CT molecular complexity index is 474. The molecular weight excluding hydrogens is 238 g/mol. The number of aryl methyl sites for hydroxylation is 1. The molecule has 2 rings (SSSR count). The first-order valence-electron chi connectivity index (χ1n) is 6.50. The molecule has 0 amide bonds. The molecule has 1 unspecified atom stereocenters. The maximum Gasteiger partial charge on any atom is 0.0440 e. The lowest BCUT2D eigenvalue weighted by molar-refractivity contribution is 0.416.